The molecule has 2 saturated heterocycles. The van der Waals surface area contributed by atoms with Crippen LogP contribution in [0.5, 0.6) is 0 Å². The maximum Gasteiger partial charge on any atom is 0.277 e. The van der Waals surface area contributed by atoms with Crippen LogP contribution in [0.4, 0.5) is 11.6 Å². The van der Waals surface area contributed by atoms with Crippen LogP contribution in [0.15, 0.2) is 143 Å². The summed E-state index contributed by atoms with van der Waals surface area (Å²) in [6.07, 6.45) is 6.90. The lowest BCUT2D eigenvalue weighted by molar-refractivity contribution is 0.588. The van der Waals surface area contributed by atoms with Gasteiger partial charge in [0.2, 0.25) is 0 Å². The molecule has 2 unspecified atom stereocenters. The smallest absolute Gasteiger partial charge is 0.277 e. The van der Waals surface area contributed by atoms with Gasteiger partial charge in [0.1, 0.15) is 20.7 Å². The van der Waals surface area contributed by atoms with E-state index in [2.05, 4.69) is 26.3 Å². The minimum absolute atomic E-state index is 0.184. The van der Waals surface area contributed by atoms with Crippen LogP contribution in [0.3, 0.4) is 0 Å². The summed E-state index contributed by atoms with van der Waals surface area (Å²) in [6.45, 7) is 5.66. The third kappa shape index (κ3) is 7.02. The maximum absolute atomic E-state index is 13.9. The molecule has 0 bridgehead atoms. The van der Waals surface area contributed by atoms with E-state index in [0.29, 0.717) is 26.6 Å². The van der Waals surface area contributed by atoms with Crippen molar-refractivity contribution in [3.8, 4) is 0 Å². The predicted octanol–water partition coefficient (Wildman–Crippen LogP) is 8.47. The first-order chi connectivity index (χ1) is 31.1. The highest BCUT2D eigenvalue weighted by Crippen LogP contribution is 2.38. The summed E-state index contributed by atoms with van der Waals surface area (Å²) in [4.78, 5) is 14.2. The van der Waals surface area contributed by atoms with Gasteiger partial charge in [0.05, 0.1) is 27.6 Å². The zero-order valence-electron chi connectivity index (χ0n) is 34.7. The van der Waals surface area contributed by atoms with Crippen molar-refractivity contribution in [2.24, 2.45) is 0 Å². The summed E-state index contributed by atoms with van der Waals surface area (Å²) in [5, 5.41) is 18.7. The van der Waals surface area contributed by atoms with E-state index in [1.54, 1.807) is 42.9 Å². The van der Waals surface area contributed by atoms with Crippen LogP contribution in [-0.2, 0) is 20.0 Å². The van der Waals surface area contributed by atoms with Crippen LogP contribution >= 0.6 is 11.3 Å². The van der Waals surface area contributed by atoms with Crippen molar-refractivity contribution in [1.82, 2.24) is 33.5 Å². The second-order valence-corrected chi connectivity index (χ2v) is 21.2. The molecule has 13 nitrogen and oxygen atoms in total. The number of thiophene rings is 1. The Bertz CT molecular complexity index is 3660. The average Bonchev–Trinajstić information content (AvgIpc) is 4.17. The monoisotopic (exact) mass is 905 g/mol. The first-order valence-electron chi connectivity index (χ1n) is 21.2. The van der Waals surface area contributed by atoms with Crippen molar-refractivity contribution >= 4 is 108 Å². The Labute approximate surface area is 373 Å². The molecule has 0 spiro atoms. The zero-order valence-corrected chi connectivity index (χ0v) is 37.1. The standard InChI is InChI=1S/C24H21N5O2S.C24H22N4O2S2/c30-32(31,21-9-3-5-16-6-4-12-26-22(16)21)29-14-11-19-23(29)18-7-1-2-8-20(18)28-24(19)27-17-10-13-25-15-17;1-15-6-7-21-16(12-15)13-22(31-21)32(29,30)28-11-9-19-23(28)18-4-2-3-5-20(18)27-24(19)26-17-8-10-25-14-17/h1-9,11-12,14,17,25H,10,13,15H2,(H,27,28);2-7,9,11-13,17,25H,8,10,14H2,1H3,(H,26,27). The molecule has 16 heteroatoms. The van der Waals surface area contributed by atoms with Crippen LogP contribution in [0.2, 0.25) is 0 Å². The van der Waals surface area contributed by atoms with Crippen molar-refractivity contribution in [2.45, 2.75) is 41.0 Å². The Hall–Kier alpha value is -6.43. The van der Waals surface area contributed by atoms with Crippen molar-refractivity contribution in [2.75, 3.05) is 36.8 Å². The van der Waals surface area contributed by atoms with Crippen LogP contribution < -0.4 is 21.3 Å². The van der Waals surface area contributed by atoms with Gasteiger partial charge in [-0.25, -0.2) is 26.3 Å². The number of nitrogens with zero attached hydrogens (tertiary/aromatic N) is 5. The molecule has 2 atom stereocenters. The fourth-order valence-electron chi connectivity index (χ4n) is 8.96. The fraction of sp³-hybridized carbons (Fsp3) is 0.188. The number of hydrogen-bond donors (Lipinski definition) is 4. The van der Waals surface area contributed by atoms with E-state index in [4.69, 9.17) is 9.97 Å². The van der Waals surface area contributed by atoms with Gasteiger partial charge in [-0.1, -0.05) is 72.3 Å². The Balaban J connectivity index is 0.000000143. The highest BCUT2D eigenvalue weighted by molar-refractivity contribution is 7.92. The van der Waals surface area contributed by atoms with Gasteiger partial charge < -0.3 is 21.3 Å². The normalized spacial score (nSPS) is 16.9. The quantitative estimate of drug-likeness (QED) is 0.116. The van der Waals surface area contributed by atoms with Crippen molar-refractivity contribution in [1.29, 1.82) is 0 Å². The molecule has 4 aromatic carbocycles. The molecule has 12 rings (SSSR count). The first kappa shape index (κ1) is 40.4. The molecule has 64 heavy (non-hydrogen) atoms. The number of fused-ring (bicyclic) bond motifs is 8. The fourth-order valence-corrected chi connectivity index (χ4v) is 13.3. The van der Waals surface area contributed by atoms with E-state index >= 15 is 0 Å². The minimum Gasteiger partial charge on any atom is -0.365 e. The lowest BCUT2D eigenvalue weighted by Crippen LogP contribution is -2.22. The molecule has 0 amide bonds. The molecule has 4 N–H and O–H groups in total. The van der Waals surface area contributed by atoms with E-state index in [1.807, 2.05) is 97.9 Å². The molecule has 2 fully saturated rings. The second-order valence-electron chi connectivity index (χ2n) is 16.3. The summed E-state index contributed by atoms with van der Waals surface area (Å²) in [7, 11) is -7.66. The molecule has 322 valence electrons. The first-order valence-corrected chi connectivity index (χ1v) is 24.9. The Morgan fingerprint density at radius 1 is 0.625 bits per heavy atom. The van der Waals surface area contributed by atoms with E-state index in [1.165, 1.54) is 19.3 Å². The summed E-state index contributed by atoms with van der Waals surface area (Å²) in [5.41, 5.74) is 4.38. The van der Waals surface area contributed by atoms with Gasteiger partial charge in [0.25, 0.3) is 20.0 Å². The van der Waals surface area contributed by atoms with Gasteiger partial charge in [-0.05, 0) is 86.8 Å². The number of pyridine rings is 3. The molecular weight excluding hydrogens is 863 g/mol. The Morgan fingerprint density at radius 3 is 1.83 bits per heavy atom. The van der Waals surface area contributed by atoms with Crippen LogP contribution in [0, 0.1) is 6.92 Å². The molecule has 6 aromatic heterocycles. The molecule has 0 radical (unpaired) electrons. The Kier molecular flexibility index (Phi) is 10.1. The topological polar surface area (TPSA) is 165 Å². The number of benzene rings is 4. The van der Waals surface area contributed by atoms with Gasteiger partial charge in [-0.2, -0.15) is 8.42 Å². The van der Waals surface area contributed by atoms with E-state index in [9.17, 15) is 16.8 Å². The zero-order chi connectivity index (χ0) is 43.6. The molecule has 10 aromatic rings. The van der Waals surface area contributed by atoms with Crippen LogP contribution in [-0.4, -0.2) is 78.0 Å². The largest absolute Gasteiger partial charge is 0.365 e. The van der Waals surface area contributed by atoms with E-state index in [-0.39, 0.29) is 17.0 Å². The minimum atomic E-state index is -3.90. The molecule has 0 saturated carbocycles. The van der Waals surface area contributed by atoms with Crippen LogP contribution in [0.1, 0.15) is 18.4 Å². The number of anilines is 2. The van der Waals surface area contributed by atoms with Gasteiger partial charge in [0.15, 0.2) is 0 Å². The molecular formula is C48H43N9O4S3. The summed E-state index contributed by atoms with van der Waals surface area (Å²) in [5.74, 6) is 1.44. The van der Waals surface area contributed by atoms with Crippen molar-refractivity contribution in [3.05, 3.63) is 139 Å². The lowest BCUT2D eigenvalue weighted by Gasteiger charge is -2.16. The predicted molar refractivity (Wildman–Crippen MR) is 258 cm³/mol. The molecule has 2 aliphatic heterocycles. The highest BCUT2D eigenvalue weighted by Gasteiger charge is 2.27. The third-order valence-electron chi connectivity index (χ3n) is 12.1. The summed E-state index contributed by atoms with van der Waals surface area (Å²) < 4.78 is 59.5. The third-order valence-corrected chi connectivity index (χ3v) is 17.0. The van der Waals surface area contributed by atoms with Crippen molar-refractivity contribution < 1.29 is 16.8 Å². The number of para-hydroxylation sites is 3. The number of hydrogen-bond acceptors (Lipinski definition) is 12. The molecule has 8 heterocycles. The number of aryl methyl sites for hydroxylation is 1. The lowest BCUT2D eigenvalue weighted by atomic mass is 10.1. The Morgan fingerprint density at radius 2 is 1.22 bits per heavy atom. The van der Waals surface area contributed by atoms with E-state index < -0.39 is 20.0 Å². The second kappa shape index (κ2) is 16.0. The maximum atomic E-state index is 13.9. The summed E-state index contributed by atoms with van der Waals surface area (Å²) >= 11 is 1.31. The number of nitrogens with one attached hydrogen (secondary N) is 4. The van der Waals surface area contributed by atoms with Crippen molar-refractivity contribution in [3.63, 3.8) is 0 Å². The van der Waals surface area contributed by atoms with Gasteiger partial charge in [-0.3, -0.25) is 4.98 Å². The van der Waals surface area contributed by atoms with Gasteiger partial charge >= 0.3 is 0 Å². The average molecular weight is 906 g/mol. The van der Waals surface area contributed by atoms with Gasteiger partial charge in [-0.15, -0.1) is 11.3 Å². The number of rotatable bonds is 8. The van der Waals surface area contributed by atoms with Gasteiger partial charge in [0, 0.05) is 75.4 Å². The SMILES string of the molecule is Cc1ccc2sc(S(=O)(=O)n3ccc4c(NC5CCNC5)nc5ccccc5c43)cc2c1.O=S(=O)(c1cccc2cccnc12)n1ccc2c(NC3CCNC3)nc3ccccc3c21. The number of aromatic nitrogens is 5. The molecule has 0 aliphatic carbocycles. The highest BCUT2D eigenvalue weighted by atomic mass is 32.2. The van der Waals surface area contributed by atoms with Crippen LogP contribution in [0.25, 0.3) is 64.6 Å². The summed E-state index contributed by atoms with van der Waals surface area (Å²) in [6, 6.07) is 36.3. The van der Waals surface area contributed by atoms with E-state index in [0.717, 1.165) is 98.5 Å². The molecule has 2 aliphatic rings.